The monoisotopic (exact) mass is 387 g/mol. The average molecular weight is 388 g/mol. The first kappa shape index (κ1) is 20.6. The molecular formula is C14H18ClN5O4S. The van der Waals surface area contributed by atoms with E-state index in [-0.39, 0.29) is 12.5 Å². The molecule has 11 heteroatoms. The summed E-state index contributed by atoms with van der Waals surface area (Å²) in [5.41, 5.74) is 11.2. The van der Waals surface area contributed by atoms with Crippen molar-refractivity contribution < 1.29 is 19.4 Å². The molecule has 0 aliphatic carbocycles. The summed E-state index contributed by atoms with van der Waals surface area (Å²) in [6.45, 7) is 1.99. The van der Waals surface area contributed by atoms with Gasteiger partial charge in [-0.1, -0.05) is 22.9 Å². The number of rotatable bonds is 6. The van der Waals surface area contributed by atoms with Gasteiger partial charge in [-0.25, -0.2) is 0 Å². The summed E-state index contributed by atoms with van der Waals surface area (Å²) in [5, 5.41) is 19.1. The van der Waals surface area contributed by atoms with Crippen LogP contribution >= 0.6 is 22.9 Å². The van der Waals surface area contributed by atoms with Crippen molar-refractivity contribution in [3.63, 3.8) is 0 Å². The molecule has 0 spiro atoms. The van der Waals surface area contributed by atoms with Crippen molar-refractivity contribution in [2.75, 3.05) is 18.9 Å². The zero-order valence-corrected chi connectivity index (χ0v) is 14.9. The highest BCUT2D eigenvalue weighted by Crippen LogP contribution is 2.23. The molecule has 0 bridgehead atoms. The van der Waals surface area contributed by atoms with Gasteiger partial charge in [-0.15, -0.1) is 10.2 Å². The normalized spacial score (nSPS) is 9.72. The van der Waals surface area contributed by atoms with Crippen LogP contribution in [0.4, 0.5) is 5.13 Å². The third-order valence-corrected chi connectivity index (χ3v) is 3.43. The SMILES string of the molecule is CC(=O)O.NCCOc1ccc(Cl)cc1C(=O)NCc1nnc(N)s1. The van der Waals surface area contributed by atoms with E-state index in [4.69, 9.17) is 37.7 Å². The van der Waals surface area contributed by atoms with E-state index in [1.54, 1.807) is 12.1 Å². The van der Waals surface area contributed by atoms with Gasteiger partial charge in [0, 0.05) is 18.5 Å². The second-order valence-corrected chi connectivity index (χ2v) is 6.04. The molecule has 2 rings (SSSR count). The number of amides is 1. The minimum Gasteiger partial charge on any atom is -0.491 e. The zero-order valence-electron chi connectivity index (χ0n) is 13.4. The van der Waals surface area contributed by atoms with Gasteiger partial charge >= 0.3 is 0 Å². The molecule has 1 aromatic carbocycles. The minimum atomic E-state index is -0.833. The Hall–Kier alpha value is -2.43. The number of carboxylic acids is 1. The first-order valence-electron chi connectivity index (χ1n) is 7.01. The summed E-state index contributed by atoms with van der Waals surface area (Å²) in [6.07, 6.45) is 0. The number of nitrogens with zero attached hydrogens (tertiary/aromatic N) is 2. The van der Waals surface area contributed by atoms with Crippen molar-refractivity contribution in [3.8, 4) is 5.75 Å². The fourth-order valence-corrected chi connectivity index (χ4v) is 2.28. The number of nitrogens with one attached hydrogen (secondary N) is 1. The molecule has 0 aliphatic rings. The fraction of sp³-hybridized carbons (Fsp3) is 0.286. The Morgan fingerprint density at radius 1 is 1.40 bits per heavy atom. The Bertz CT molecular complexity index is 721. The lowest BCUT2D eigenvalue weighted by molar-refractivity contribution is -0.134. The Kier molecular flexibility index (Phi) is 8.61. The molecule has 9 nitrogen and oxygen atoms in total. The van der Waals surface area contributed by atoms with Crippen LogP contribution in [0.25, 0.3) is 0 Å². The number of hydrogen-bond donors (Lipinski definition) is 4. The summed E-state index contributed by atoms with van der Waals surface area (Å²) >= 11 is 7.13. The molecular weight excluding hydrogens is 370 g/mol. The number of anilines is 1. The van der Waals surface area contributed by atoms with Crippen LogP contribution in [0.2, 0.25) is 5.02 Å². The maximum Gasteiger partial charge on any atom is 0.300 e. The van der Waals surface area contributed by atoms with Gasteiger partial charge in [-0.05, 0) is 18.2 Å². The predicted octanol–water partition coefficient (Wildman–Crippen LogP) is 1.13. The van der Waals surface area contributed by atoms with Crippen LogP contribution in [0.15, 0.2) is 18.2 Å². The Morgan fingerprint density at radius 2 is 2.08 bits per heavy atom. The van der Waals surface area contributed by atoms with Gasteiger partial charge in [-0.3, -0.25) is 9.59 Å². The lowest BCUT2D eigenvalue weighted by Crippen LogP contribution is -2.24. The molecule has 0 unspecified atom stereocenters. The van der Waals surface area contributed by atoms with Crippen molar-refractivity contribution in [2.24, 2.45) is 5.73 Å². The summed E-state index contributed by atoms with van der Waals surface area (Å²) < 4.78 is 5.43. The number of nitrogens with two attached hydrogens (primary N) is 2. The number of hydrogen-bond acceptors (Lipinski definition) is 8. The second-order valence-electron chi connectivity index (χ2n) is 4.51. The molecule has 1 heterocycles. The highest BCUT2D eigenvalue weighted by molar-refractivity contribution is 7.15. The molecule has 0 saturated carbocycles. The molecule has 1 aromatic heterocycles. The molecule has 0 saturated heterocycles. The van der Waals surface area contributed by atoms with Crippen LogP contribution < -0.4 is 21.5 Å². The fourth-order valence-electron chi connectivity index (χ4n) is 1.56. The molecule has 0 atom stereocenters. The van der Waals surface area contributed by atoms with Crippen LogP contribution in [-0.4, -0.2) is 40.3 Å². The third-order valence-electron chi connectivity index (χ3n) is 2.44. The number of aromatic nitrogens is 2. The second kappa shape index (κ2) is 10.4. The van der Waals surface area contributed by atoms with Crippen LogP contribution in [-0.2, 0) is 11.3 Å². The summed E-state index contributed by atoms with van der Waals surface area (Å²) in [5.74, 6) is -0.725. The van der Waals surface area contributed by atoms with Crippen molar-refractivity contribution in [2.45, 2.75) is 13.5 Å². The van der Waals surface area contributed by atoms with E-state index in [1.807, 2.05) is 0 Å². The van der Waals surface area contributed by atoms with Gasteiger partial charge in [0.2, 0.25) is 5.13 Å². The Labute approximate surface area is 152 Å². The summed E-state index contributed by atoms with van der Waals surface area (Å²) in [6, 6.07) is 4.82. The topological polar surface area (TPSA) is 153 Å². The number of carbonyl (C=O) groups is 2. The lowest BCUT2D eigenvalue weighted by Gasteiger charge is -2.11. The molecule has 1 amide bonds. The first-order chi connectivity index (χ1) is 11.8. The number of aliphatic carboxylic acids is 1. The zero-order chi connectivity index (χ0) is 18.8. The molecule has 136 valence electrons. The smallest absolute Gasteiger partial charge is 0.300 e. The molecule has 25 heavy (non-hydrogen) atoms. The van der Waals surface area contributed by atoms with Crippen LogP contribution in [0, 0.1) is 0 Å². The maximum atomic E-state index is 12.2. The molecule has 0 aliphatic heterocycles. The van der Waals surface area contributed by atoms with Crippen molar-refractivity contribution in [1.82, 2.24) is 15.5 Å². The maximum absolute atomic E-state index is 12.2. The summed E-state index contributed by atoms with van der Waals surface area (Å²) in [4.78, 5) is 21.2. The number of carboxylic acid groups (broad SMARTS) is 1. The standard InChI is InChI=1S/C12H14ClN5O2S.C2H4O2/c13-7-1-2-9(20-4-3-14)8(5-7)11(19)16-6-10-17-18-12(15)21-10;1-2(3)4/h1-2,5H,3-4,6,14H2,(H2,15,18)(H,16,19);1H3,(H,3,4). The average Bonchev–Trinajstić information content (AvgIpc) is 2.96. The van der Waals surface area contributed by atoms with Crippen LogP contribution in [0.5, 0.6) is 5.75 Å². The van der Waals surface area contributed by atoms with E-state index in [1.165, 1.54) is 17.4 Å². The number of ether oxygens (including phenoxy) is 1. The first-order valence-corrected chi connectivity index (χ1v) is 8.21. The highest BCUT2D eigenvalue weighted by atomic mass is 35.5. The third kappa shape index (κ3) is 7.79. The lowest BCUT2D eigenvalue weighted by atomic mass is 10.2. The number of carbonyl (C=O) groups excluding carboxylic acids is 1. The van der Waals surface area contributed by atoms with Crippen molar-refractivity contribution in [3.05, 3.63) is 33.8 Å². The minimum absolute atomic E-state index is 0.233. The highest BCUT2D eigenvalue weighted by Gasteiger charge is 2.14. The van der Waals surface area contributed by atoms with E-state index in [0.29, 0.717) is 39.6 Å². The van der Waals surface area contributed by atoms with E-state index < -0.39 is 5.97 Å². The van der Waals surface area contributed by atoms with Crippen molar-refractivity contribution in [1.29, 1.82) is 0 Å². The van der Waals surface area contributed by atoms with E-state index >= 15 is 0 Å². The predicted molar refractivity (Wildman–Crippen MR) is 94.8 cm³/mol. The van der Waals surface area contributed by atoms with Crippen LogP contribution in [0.3, 0.4) is 0 Å². The number of nitrogen functional groups attached to an aromatic ring is 1. The van der Waals surface area contributed by atoms with Crippen molar-refractivity contribution >= 4 is 39.9 Å². The van der Waals surface area contributed by atoms with Gasteiger partial charge < -0.3 is 26.6 Å². The van der Waals surface area contributed by atoms with E-state index in [2.05, 4.69) is 15.5 Å². The molecule has 2 aromatic rings. The van der Waals surface area contributed by atoms with E-state index in [0.717, 1.165) is 6.92 Å². The van der Waals surface area contributed by atoms with Crippen LogP contribution in [0.1, 0.15) is 22.3 Å². The quantitative estimate of drug-likeness (QED) is 0.575. The number of halogens is 1. The van der Waals surface area contributed by atoms with Gasteiger partial charge in [-0.2, -0.15) is 0 Å². The largest absolute Gasteiger partial charge is 0.491 e. The summed E-state index contributed by atoms with van der Waals surface area (Å²) in [7, 11) is 0. The van der Waals surface area contributed by atoms with E-state index in [9.17, 15) is 4.79 Å². The Morgan fingerprint density at radius 3 is 2.64 bits per heavy atom. The van der Waals surface area contributed by atoms with Gasteiger partial charge in [0.1, 0.15) is 17.4 Å². The van der Waals surface area contributed by atoms with Gasteiger partial charge in [0.05, 0.1) is 12.1 Å². The Balaban J connectivity index is 0.000000705. The number of benzene rings is 1. The van der Waals surface area contributed by atoms with Gasteiger partial charge in [0.25, 0.3) is 11.9 Å². The van der Waals surface area contributed by atoms with Gasteiger partial charge in [0.15, 0.2) is 0 Å². The molecule has 0 radical (unpaired) electrons. The molecule has 6 N–H and O–H groups in total. The molecule has 0 fully saturated rings.